The first kappa shape index (κ1) is 21.5. The lowest BCUT2D eigenvalue weighted by Crippen LogP contribution is -2.25. The number of ether oxygens (including phenoxy) is 1. The number of carboxylic acid groups (broad SMARTS) is 1. The second-order valence-corrected chi connectivity index (χ2v) is 9.23. The van der Waals surface area contributed by atoms with E-state index in [0.29, 0.717) is 18.9 Å². The van der Waals surface area contributed by atoms with Gasteiger partial charge < -0.3 is 9.84 Å². The topological polar surface area (TPSA) is 46.5 Å². The molecule has 0 unspecified atom stereocenters. The van der Waals surface area contributed by atoms with Crippen LogP contribution >= 0.6 is 0 Å². The van der Waals surface area contributed by atoms with Crippen LogP contribution in [0.1, 0.15) is 91.2 Å². The van der Waals surface area contributed by atoms with Gasteiger partial charge in [0.05, 0.1) is 6.61 Å². The van der Waals surface area contributed by atoms with Crippen molar-refractivity contribution in [3.63, 3.8) is 0 Å². The average molecular weight is 349 g/mol. The zero-order valence-electron chi connectivity index (χ0n) is 17.1. The number of benzene rings is 1. The predicted octanol–water partition coefficient (Wildman–Crippen LogP) is 6.16. The fraction of sp³-hybridized carbons (Fsp3) is 0.682. The van der Waals surface area contributed by atoms with Crippen molar-refractivity contribution in [1.29, 1.82) is 0 Å². The maximum atomic E-state index is 10.6. The van der Waals surface area contributed by atoms with Gasteiger partial charge in [0.25, 0.3) is 0 Å². The Balaban J connectivity index is 2.87. The lowest BCUT2D eigenvalue weighted by atomic mass is 9.72. The summed E-state index contributed by atoms with van der Waals surface area (Å²) < 4.78 is 5.96. The molecule has 142 valence electrons. The predicted molar refractivity (Wildman–Crippen MR) is 105 cm³/mol. The Kier molecular flexibility index (Phi) is 7.52. The van der Waals surface area contributed by atoms with Gasteiger partial charge in [-0.3, -0.25) is 4.79 Å². The first-order valence-corrected chi connectivity index (χ1v) is 9.41. The Labute approximate surface area is 153 Å². The van der Waals surface area contributed by atoms with Crippen LogP contribution in [-0.4, -0.2) is 17.7 Å². The minimum atomic E-state index is -0.742. The van der Waals surface area contributed by atoms with Crippen LogP contribution < -0.4 is 4.74 Å². The number of aliphatic carboxylic acids is 1. The molecule has 0 heterocycles. The van der Waals surface area contributed by atoms with E-state index in [0.717, 1.165) is 18.6 Å². The molecule has 0 aliphatic carbocycles. The van der Waals surface area contributed by atoms with Crippen LogP contribution in [-0.2, 0) is 10.2 Å². The molecule has 1 aromatic rings. The van der Waals surface area contributed by atoms with Gasteiger partial charge in [0, 0.05) is 6.42 Å². The van der Waals surface area contributed by atoms with E-state index in [2.05, 4.69) is 66.7 Å². The van der Waals surface area contributed by atoms with Crippen molar-refractivity contribution in [2.75, 3.05) is 6.61 Å². The Morgan fingerprint density at radius 3 is 2.28 bits per heavy atom. The first-order valence-electron chi connectivity index (χ1n) is 9.41. The van der Waals surface area contributed by atoms with Gasteiger partial charge in [-0.2, -0.15) is 0 Å². The number of rotatable bonds is 9. The zero-order chi connectivity index (χ0) is 19.3. The molecule has 1 rings (SSSR count). The molecule has 0 atom stereocenters. The van der Waals surface area contributed by atoms with Crippen LogP contribution in [0.15, 0.2) is 18.2 Å². The van der Waals surface area contributed by atoms with E-state index in [9.17, 15) is 4.79 Å². The van der Waals surface area contributed by atoms with Crippen molar-refractivity contribution in [3.05, 3.63) is 29.3 Å². The number of carbonyl (C=O) groups is 1. The third-order valence-electron chi connectivity index (χ3n) is 4.43. The van der Waals surface area contributed by atoms with Crippen molar-refractivity contribution >= 4 is 5.97 Å². The van der Waals surface area contributed by atoms with Gasteiger partial charge in [0.1, 0.15) is 5.75 Å². The van der Waals surface area contributed by atoms with Crippen LogP contribution in [0.2, 0.25) is 0 Å². The molecule has 0 saturated carbocycles. The molecule has 0 radical (unpaired) electrons. The average Bonchev–Trinajstić information content (AvgIpc) is 2.43. The summed E-state index contributed by atoms with van der Waals surface area (Å²) in [4.78, 5) is 10.6. The molecule has 0 aliphatic rings. The molecule has 0 amide bonds. The standard InChI is InChI=1S/C22H36O3/c1-16(2)18-14-17(22(6,7)15-21(3,4)5)11-12-19(18)25-13-9-8-10-20(23)24/h11-12,14,16H,8-10,13,15H2,1-7H3,(H,23,24). The Hall–Kier alpha value is -1.51. The van der Waals surface area contributed by atoms with Crippen LogP contribution in [0.4, 0.5) is 0 Å². The zero-order valence-corrected chi connectivity index (χ0v) is 17.1. The van der Waals surface area contributed by atoms with E-state index in [4.69, 9.17) is 9.84 Å². The summed E-state index contributed by atoms with van der Waals surface area (Å²) in [6.07, 6.45) is 2.75. The van der Waals surface area contributed by atoms with Gasteiger partial charge >= 0.3 is 5.97 Å². The molecule has 3 heteroatoms. The quantitative estimate of drug-likeness (QED) is 0.544. The fourth-order valence-electron chi connectivity index (χ4n) is 3.54. The number of carboxylic acids is 1. The lowest BCUT2D eigenvalue weighted by molar-refractivity contribution is -0.137. The summed E-state index contributed by atoms with van der Waals surface area (Å²) in [7, 11) is 0. The SMILES string of the molecule is CC(C)c1cc(C(C)(C)CC(C)(C)C)ccc1OCCCCC(=O)O. The van der Waals surface area contributed by atoms with E-state index in [1.807, 2.05) is 0 Å². The van der Waals surface area contributed by atoms with Crippen LogP contribution in [0.25, 0.3) is 0 Å². The highest BCUT2D eigenvalue weighted by atomic mass is 16.5. The highest BCUT2D eigenvalue weighted by Gasteiger charge is 2.28. The van der Waals surface area contributed by atoms with Crippen LogP contribution in [0.5, 0.6) is 5.75 Å². The summed E-state index contributed by atoms with van der Waals surface area (Å²) in [5, 5.41) is 8.69. The van der Waals surface area contributed by atoms with Crippen LogP contribution in [0.3, 0.4) is 0 Å². The Morgan fingerprint density at radius 2 is 1.76 bits per heavy atom. The molecule has 3 nitrogen and oxygen atoms in total. The smallest absolute Gasteiger partial charge is 0.303 e. The third-order valence-corrected chi connectivity index (χ3v) is 4.43. The van der Waals surface area contributed by atoms with Crippen LogP contribution in [0, 0.1) is 5.41 Å². The normalized spacial score (nSPS) is 12.5. The number of hydrogen-bond acceptors (Lipinski definition) is 2. The molecule has 1 aromatic carbocycles. The summed E-state index contributed by atoms with van der Waals surface area (Å²) in [6, 6.07) is 6.57. The molecular weight excluding hydrogens is 312 g/mol. The Bertz CT molecular complexity index is 565. The molecule has 0 saturated heterocycles. The molecule has 0 fully saturated rings. The third kappa shape index (κ3) is 7.50. The van der Waals surface area contributed by atoms with Crippen molar-refractivity contribution in [2.24, 2.45) is 5.41 Å². The molecule has 1 N–H and O–H groups in total. The summed E-state index contributed by atoms with van der Waals surface area (Å²) >= 11 is 0. The fourth-order valence-corrected chi connectivity index (χ4v) is 3.54. The maximum absolute atomic E-state index is 10.6. The minimum Gasteiger partial charge on any atom is -0.493 e. The van der Waals surface area contributed by atoms with Crippen molar-refractivity contribution in [3.8, 4) is 5.75 Å². The molecule has 0 aliphatic heterocycles. The van der Waals surface area contributed by atoms with E-state index in [1.165, 1.54) is 11.1 Å². The van der Waals surface area contributed by atoms with Crippen molar-refractivity contribution in [1.82, 2.24) is 0 Å². The van der Waals surface area contributed by atoms with E-state index in [-0.39, 0.29) is 17.3 Å². The van der Waals surface area contributed by atoms with Gasteiger partial charge in [-0.25, -0.2) is 0 Å². The molecule has 0 aromatic heterocycles. The van der Waals surface area contributed by atoms with Gasteiger partial charge in [0.2, 0.25) is 0 Å². The Morgan fingerprint density at radius 1 is 1.12 bits per heavy atom. The highest BCUT2D eigenvalue weighted by molar-refractivity contribution is 5.66. The summed E-state index contributed by atoms with van der Waals surface area (Å²) in [6.45, 7) is 16.4. The van der Waals surface area contributed by atoms with E-state index in [1.54, 1.807) is 0 Å². The number of hydrogen-bond donors (Lipinski definition) is 1. The molecule has 0 bridgehead atoms. The second-order valence-electron chi connectivity index (χ2n) is 9.23. The summed E-state index contributed by atoms with van der Waals surface area (Å²) in [5.41, 5.74) is 2.98. The lowest BCUT2D eigenvalue weighted by Gasteiger charge is -2.33. The molecular formula is C22H36O3. The van der Waals surface area contributed by atoms with Gasteiger partial charge in [-0.15, -0.1) is 0 Å². The number of unbranched alkanes of at least 4 members (excludes halogenated alkanes) is 1. The van der Waals surface area contributed by atoms with Crippen molar-refractivity contribution in [2.45, 2.75) is 85.5 Å². The maximum Gasteiger partial charge on any atom is 0.303 e. The minimum absolute atomic E-state index is 0.113. The second kappa shape index (κ2) is 8.73. The van der Waals surface area contributed by atoms with Gasteiger partial charge in [-0.05, 0) is 53.2 Å². The molecule has 0 spiro atoms. The van der Waals surface area contributed by atoms with E-state index >= 15 is 0 Å². The molecule has 25 heavy (non-hydrogen) atoms. The highest BCUT2D eigenvalue weighted by Crippen LogP contribution is 2.39. The first-order chi connectivity index (χ1) is 11.4. The summed E-state index contributed by atoms with van der Waals surface area (Å²) in [5.74, 6) is 0.577. The van der Waals surface area contributed by atoms with Gasteiger partial charge in [0.15, 0.2) is 0 Å². The van der Waals surface area contributed by atoms with E-state index < -0.39 is 5.97 Å². The van der Waals surface area contributed by atoms with Crippen molar-refractivity contribution < 1.29 is 14.6 Å². The largest absolute Gasteiger partial charge is 0.493 e. The monoisotopic (exact) mass is 348 g/mol. The van der Waals surface area contributed by atoms with Gasteiger partial charge in [-0.1, -0.05) is 60.6 Å².